The van der Waals surface area contributed by atoms with Crippen molar-refractivity contribution in [1.82, 2.24) is 4.31 Å². The topological polar surface area (TPSA) is 90.0 Å². The fourth-order valence-electron chi connectivity index (χ4n) is 1.97. The number of carbonyl (C=O) groups excluding carboxylic acids is 2. The molecule has 1 rings (SSSR count). The number of carbonyl (C=O) groups is 2. The van der Waals surface area contributed by atoms with Crippen molar-refractivity contribution in [3.63, 3.8) is 0 Å². The minimum Gasteiger partial charge on any atom is -0.468 e. The highest BCUT2D eigenvalue weighted by atomic mass is 32.2. The average Bonchev–Trinajstić information content (AvgIpc) is 2.75. The summed E-state index contributed by atoms with van der Waals surface area (Å²) < 4.78 is 34.8. The summed E-state index contributed by atoms with van der Waals surface area (Å²) in [7, 11) is -2.74. The van der Waals surface area contributed by atoms with E-state index in [4.69, 9.17) is 4.74 Å². The summed E-state index contributed by atoms with van der Waals surface area (Å²) in [5, 5.41) is 0. The van der Waals surface area contributed by atoms with Crippen molar-refractivity contribution < 1.29 is 27.5 Å². The van der Waals surface area contributed by atoms with Crippen molar-refractivity contribution in [1.29, 1.82) is 0 Å². The fraction of sp³-hybridized carbons (Fsp3) is 0.833. The Balaban J connectivity index is 2.84. The molecule has 20 heavy (non-hydrogen) atoms. The maximum atomic E-state index is 12.1. The molecule has 0 aromatic rings. The van der Waals surface area contributed by atoms with Crippen LogP contribution in [0.2, 0.25) is 0 Å². The molecule has 0 saturated carbocycles. The van der Waals surface area contributed by atoms with Crippen LogP contribution >= 0.6 is 0 Å². The quantitative estimate of drug-likeness (QED) is 0.694. The molecule has 1 aliphatic heterocycles. The van der Waals surface area contributed by atoms with E-state index in [1.165, 1.54) is 0 Å². The lowest BCUT2D eigenvalue weighted by Crippen LogP contribution is -2.45. The van der Waals surface area contributed by atoms with Crippen LogP contribution in [0.15, 0.2) is 0 Å². The van der Waals surface area contributed by atoms with Gasteiger partial charge in [-0.05, 0) is 33.6 Å². The van der Waals surface area contributed by atoms with Crippen molar-refractivity contribution in [3.8, 4) is 0 Å². The van der Waals surface area contributed by atoms with Crippen LogP contribution in [0.3, 0.4) is 0 Å². The summed E-state index contributed by atoms with van der Waals surface area (Å²) in [5.41, 5.74) is -0.683. The Morgan fingerprint density at radius 2 is 1.90 bits per heavy atom. The Kier molecular flexibility index (Phi) is 5.15. The van der Waals surface area contributed by atoms with Gasteiger partial charge in [0.1, 0.15) is 11.6 Å². The first-order valence-corrected chi connectivity index (χ1v) is 7.97. The minimum absolute atomic E-state index is 0.212. The van der Waals surface area contributed by atoms with E-state index in [0.717, 1.165) is 11.4 Å². The summed E-state index contributed by atoms with van der Waals surface area (Å²) in [6, 6.07) is -0.858. The van der Waals surface area contributed by atoms with Crippen molar-refractivity contribution >= 4 is 22.0 Å². The first kappa shape index (κ1) is 16.9. The second-order valence-corrected chi connectivity index (χ2v) is 7.56. The van der Waals surface area contributed by atoms with Gasteiger partial charge in [-0.1, -0.05) is 0 Å². The molecule has 8 heteroatoms. The van der Waals surface area contributed by atoms with Gasteiger partial charge in [-0.2, -0.15) is 4.31 Å². The first-order chi connectivity index (χ1) is 9.07. The molecule has 1 aliphatic rings. The van der Waals surface area contributed by atoms with Crippen LogP contribution in [0.25, 0.3) is 0 Å². The van der Waals surface area contributed by atoms with Crippen LogP contribution < -0.4 is 0 Å². The van der Waals surface area contributed by atoms with Crippen LogP contribution in [0.4, 0.5) is 0 Å². The van der Waals surface area contributed by atoms with E-state index < -0.39 is 39.4 Å². The second-order valence-electron chi connectivity index (χ2n) is 5.63. The summed E-state index contributed by atoms with van der Waals surface area (Å²) in [6.07, 6.45) is 0.958. The molecule has 116 valence electrons. The zero-order valence-corrected chi connectivity index (χ0v) is 13.0. The zero-order chi connectivity index (χ0) is 15.6. The number of methoxy groups -OCH3 is 1. The lowest BCUT2D eigenvalue weighted by Gasteiger charge is -2.26. The van der Waals surface area contributed by atoms with Crippen LogP contribution in [0.1, 0.15) is 33.6 Å². The van der Waals surface area contributed by atoms with E-state index >= 15 is 0 Å². The van der Waals surface area contributed by atoms with Gasteiger partial charge < -0.3 is 9.47 Å². The lowest BCUT2D eigenvalue weighted by atomic mass is 10.2. The lowest BCUT2D eigenvalue weighted by molar-refractivity contribution is -0.158. The van der Waals surface area contributed by atoms with E-state index in [9.17, 15) is 18.0 Å². The summed E-state index contributed by atoms with van der Waals surface area (Å²) in [4.78, 5) is 23.2. The van der Waals surface area contributed by atoms with Crippen molar-refractivity contribution in [3.05, 3.63) is 0 Å². The van der Waals surface area contributed by atoms with Crippen LogP contribution in [-0.4, -0.2) is 55.7 Å². The highest BCUT2D eigenvalue weighted by Crippen LogP contribution is 2.24. The summed E-state index contributed by atoms with van der Waals surface area (Å²) in [5.74, 6) is -2.19. The molecule has 1 fully saturated rings. The molecule has 0 unspecified atom stereocenters. The number of hydrogen-bond donors (Lipinski definition) is 0. The van der Waals surface area contributed by atoms with Gasteiger partial charge in [0.15, 0.2) is 5.75 Å². The molecule has 0 N–H and O–H groups in total. The summed E-state index contributed by atoms with van der Waals surface area (Å²) in [6.45, 7) is 5.36. The van der Waals surface area contributed by atoms with Gasteiger partial charge in [-0.3, -0.25) is 9.59 Å². The normalized spacial score (nSPS) is 20.7. The second kappa shape index (κ2) is 6.09. The molecule has 0 spiro atoms. The maximum absolute atomic E-state index is 12.1. The SMILES string of the molecule is COC(=O)CS(=O)(=O)N1CCC[C@@H]1C(=O)OC(C)(C)C. The number of sulfonamides is 1. The molecule has 0 aromatic carbocycles. The van der Waals surface area contributed by atoms with E-state index in [1.54, 1.807) is 20.8 Å². The zero-order valence-electron chi connectivity index (χ0n) is 12.2. The molecule has 7 nitrogen and oxygen atoms in total. The molecule has 1 saturated heterocycles. The maximum Gasteiger partial charge on any atom is 0.324 e. The van der Waals surface area contributed by atoms with E-state index in [-0.39, 0.29) is 6.54 Å². The predicted octanol–water partition coefficient (Wildman–Crippen LogP) is 0.295. The van der Waals surface area contributed by atoms with Crippen molar-refractivity contribution in [2.75, 3.05) is 19.4 Å². The Hall–Kier alpha value is -1.15. The van der Waals surface area contributed by atoms with Gasteiger partial charge in [0.25, 0.3) is 0 Å². The molecule has 0 aromatic heterocycles. The van der Waals surface area contributed by atoms with Crippen LogP contribution in [0, 0.1) is 0 Å². The Morgan fingerprint density at radius 3 is 2.40 bits per heavy atom. The van der Waals surface area contributed by atoms with E-state index in [1.807, 2.05) is 0 Å². The van der Waals surface area contributed by atoms with Crippen molar-refractivity contribution in [2.24, 2.45) is 0 Å². The number of rotatable bonds is 4. The molecular weight excluding hydrogens is 286 g/mol. The first-order valence-electron chi connectivity index (χ1n) is 6.36. The minimum atomic E-state index is -3.86. The van der Waals surface area contributed by atoms with E-state index in [2.05, 4.69) is 4.74 Å². The third kappa shape index (κ3) is 4.45. The largest absolute Gasteiger partial charge is 0.468 e. The number of esters is 2. The highest BCUT2D eigenvalue weighted by molar-refractivity contribution is 7.89. The summed E-state index contributed by atoms with van der Waals surface area (Å²) >= 11 is 0. The molecular formula is C12H21NO6S. The van der Waals surface area contributed by atoms with E-state index in [0.29, 0.717) is 12.8 Å². The number of nitrogens with zero attached hydrogens (tertiary/aromatic N) is 1. The standard InChI is InChI=1S/C12H21NO6S/c1-12(2,3)19-11(15)9-6-5-7-13(9)20(16,17)8-10(14)18-4/h9H,5-8H2,1-4H3/t9-/m1/s1. The Bertz CT molecular complexity index is 479. The van der Waals surface area contributed by atoms with Gasteiger partial charge in [0, 0.05) is 6.54 Å². The third-order valence-electron chi connectivity index (χ3n) is 2.77. The molecule has 1 heterocycles. The average molecular weight is 307 g/mol. The molecule has 1 atom stereocenters. The Morgan fingerprint density at radius 1 is 1.30 bits per heavy atom. The molecule has 0 radical (unpaired) electrons. The monoisotopic (exact) mass is 307 g/mol. The fourth-order valence-corrected chi connectivity index (χ4v) is 3.54. The van der Waals surface area contributed by atoms with Gasteiger partial charge in [-0.25, -0.2) is 8.42 Å². The number of ether oxygens (including phenoxy) is 2. The predicted molar refractivity (Wildman–Crippen MR) is 71.4 cm³/mol. The van der Waals surface area contributed by atoms with Gasteiger partial charge in [0.2, 0.25) is 10.0 Å². The van der Waals surface area contributed by atoms with Crippen LogP contribution in [-0.2, 0) is 29.1 Å². The molecule has 0 bridgehead atoms. The molecule has 0 amide bonds. The van der Waals surface area contributed by atoms with Gasteiger partial charge in [-0.15, -0.1) is 0 Å². The highest BCUT2D eigenvalue weighted by Gasteiger charge is 2.41. The van der Waals surface area contributed by atoms with Crippen molar-refractivity contribution in [2.45, 2.75) is 45.3 Å². The van der Waals surface area contributed by atoms with Gasteiger partial charge >= 0.3 is 11.9 Å². The smallest absolute Gasteiger partial charge is 0.324 e. The molecule has 0 aliphatic carbocycles. The van der Waals surface area contributed by atoms with Crippen LogP contribution in [0.5, 0.6) is 0 Å². The number of hydrogen-bond acceptors (Lipinski definition) is 6. The Labute approximate surface area is 119 Å². The third-order valence-corrected chi connectivity index (χ3v) is 4.52. The van der Waals surface area contributed by atoms with Gasteiger partial charge in [0.05, 0.1) is 7.11 Å².